The highest BCUT2D eigenvalue weighted by Gasteiger charge is 2.24. The fourth-order valence-electron chi connectivity index (χ4n) is 4.93. The summed E-state index contributed by atoms with van der Waals surface area (Å²) in [5.74, 6) is 1.11. The lowest BCUT2D eigenvalue weighted by Crippen LogP contribution is -2.36. The summed E-state index contributed by atoms with van der Waals surface area (Å²) in [4.78, 5) is 25.5. The van der Waals surface area contributed by atoms with Gasteiger partial charge in [0, 0.05) is 44.3 Å². The molecule has 200 valence electrons. The summed E-state index contributed by atoms with van der Waals surface area (Å²) in [7, 11) is 3.64. The van der Waals surface area contributed by atoms with Crippen LogP contribution >= 0.6 is 11.3 Å². The fraction of sp³-hybridized carbons (Fsp3) is 0.393. The molecule has 0 atom stereocenters. The second-order valence-corrected chi connectivity index (χ2v) is 10.4. The number of imidazole rings is 1. The maximum absolute atomic E-state index is 13.4. The van der Waals surface area contributed by atoms with E-state index >= 15 is 0 Å². The van der Waals surface area contributed by atoms with Crippen LogP contribution in [-0.2, 0) is 16.0 Å². The van der Waals surface area contributed by atoms with E-state index in [1.54, 1.807) is 30.5 Å². The van der Waals surface area contributed by atoms with Crippen molar-refractivity contribution < 1.29 is 13.9 Å². The number of aryl methyl sites for hydroxylation is 1. The molecule has 0 saturated carbocycles. The number of nitrogens with zero attached hydrogens (tertiary/aromatic N) is 5. The molecular weight excluding hydrogens is 503 g/mol. The van der Waals surface area contributed by atoms with E-state index < -0.39 is 0 Å². The Morgan fingerprint density at radius 1 is 1.18 bits per heavy atom. The standard InChI is InChI=1S/C28H33FN6O2S/c1-4-23-27(33(3)28-32-24(17-38-28)20-5-8-22(29)9-6-20)35-15-21(7-10-25(35)31-23)19-11-13-34(14-12-19)18-37-16-26(36)30-2/h5-10,15,17,19H,4,11-14,16,18H2,1-3H3,(H,30,36). The first-order chi connectivity index (χ1) is 18.5. The fourth-order valence-corrected chi connectivity index (χ4v) is 5.73. The van der Waals surface area contributed by atoms with Gasteiger partial charge in [-0.1, -0.05) is 13.0 Å². The first-order valence-corrected chi connectivity index (χ1v) is 13.8. The highest BCUT2D eigenvalue weighted by molar-refractivity contribution is 7.14. The number of thiazole rings is 1. The molecule has 10 heteroatoms. The van der Waals surface area contributed by atoms with Gasteiger partial charge in [0.1, 0.15) is 23.9 Å². The molecule has 1 fully saturated rings. The van der Waals surface area contributed by atoms with Crippen molar-refractivity contribution in [1.29, 1.82) is 0 Å². The van der Waals surface area contributed by atoms with Gasteiger partial charge < -0.3 is 15.0 Å². The van der Waals surface area contributed by atoms with Crippen LogP contribution in [0.15, 0.2) is 48.0 Å². The van der Waals surface area contributed by atoms with Gasteiger partial charge in [-0.3, -0.25) is 14.1 Å². The third kappa shape index (κ3) is 5.57. The van der Waals surface area contributed by atoms with Crippen molar-refractivity contribution in [1.82, 2.24) is 24.6 Å². The van der Waals surface area contributed by atoms with E-state index in [0.717, 1.165) is 65.9 Å². The number of anilines is 2. The summed E-state index contributed by atoms with van der Waals surface area (Å²) < 4.78 is 21.1. The Morgan fingerprint density at radius 3 is 2.66 bits per heavy atom. The minimum Gasteiger partial charge on any atom is -0.357 e. The van der Waals surface area contributed by atoms with Crippen molar-refractivity contribution in [2.75, 3.05) is 45.4 Å². The number of likely N-dealkylation sites (N-methyl/N-ethyl adjacent to an activating group) is 1. The molecule has 1 saturated heterocycles. The lowest BCUT2D eigenvalue weighted by atomic mass is 9.91. The molecule has 0 unspecified atom stereocenters. The van der Waals surface area contributed by atoms with Crippen LogP contribution in [0.4, 0.5) is 15.3 Å². The Bertz CT molecular complexity index is 1390. The number of fused-ring (bicyclic) bond motifs is 1. The van der Waals surface area contributed by atoms with E-state index in [0.29, 0.717) is 12.6 Å². The van der Waals surface area contributed by atoms with Crippen molar-refractivity contribution in [3.63, 3.8) is 0 Å². The van der Waals surface area contributed by atoms with Gasteiger partial charge in [-0.25, -0.2) is 14.4 Å². The third-order valence-corrected chi connectivity index (χ3v) is 8.02. The van der Waals surface area contributed by atoms with E-state index in [2.05, 4.69) is 44.8 Å². The Hall–Kier alpha value is -3.34. The van der Waals surface area contributed by atoms with E-state index in [1.807, 2.05) is 12.4 Å². The monoisotopic (exact) mass is 536 g/mol. The smallest absolute Gasteiger partial charge is 0.245 e. The quantitative estimate of drug-likeness (QED) is 0.330. The number of benzene rings is 1. The molecule has 8 nitrogen and oxygen atoms in total. The molecule has 3 aromatic heterocycles. The van der Waals surface area contributed by atoms with Crippen LogP contribution in [-0.4, -0.2) is 65.7 Å². The maximum Gasteiger partial charge on any atom is 0.245 e. The molecule has 4 heterocycles. The topological polar surface area (TPSA) is 75.0 Å². The summed E-state index contributed by atoms with van der Waals surface area (Å²) in [6, 6.07) is 10.7. The summed E-state index contributed by atoms with van der Waals surface area (Å²) in [5, 5.41) is 5.44. The first kappa shape index (κ1) is 26.3. The number of likely N-dealkylation sites (tertiary alicyclic amines) is 1. The minimum absolute atomic E-state index is 0.0915. The number of aromatic nitrogens is 3. The number of rotatable bonds is 9. The van der Waals surface area contributed by atoms with E-state index in [9.17, 15) is 9.18 Å². The molecule has 0 radical (unpaired) electrons. The average Bonchev–Trinajstić information content (AvgIpc) is 3.58. The van der Waals surface area contributed by atoms with Crippen molar-refractivity contribution >= 4 is 33.8 Å². The van der Waals surface area contributed by atoms with E-state index in [-0.39, 0.29) is 18.3 Å². The molecule has 4 aromatic rings. The Balaban J connectivity index is 1.34. The summed E-state index contributed by atoms with van der Waals surface area (Å²) in [6.07, 6.45) is 5.09. The normalized spacial score (nSPS) is 14.7. The molecule has 5 rings (SSSR count). The van der Waals surface area contributed by atoms with Crippen molar-refractivity contribution in [3.8, 4) is 11.3 Å². The Morgan fingerprint density at radius 2 is 1.95 bits per heavy atom. The number of carbonyl (C=O) groups is 1. The molecule has 38 heavy (non-hydrogen) atoms. The lowest BCUT2D eigenvalue weighted by Gasteiger charge is -2.31. The van der Waals surface area contributed by atoms with Crippen molar-refractivity contribution in [2.24, 2.45) is 0 Å². The molecule has 1 aliphatic rings. The summed E-state index contributed by atoms with van der Waals surface area (Å²) >= 11 is 1.56. The molecule has 1 aromatic carbocycles. The van der Waals surface area contributed by atoms with E-state index in [4.69, 9.17) is 14.7 Å². The highest BCUT2D eigenvalue weighted by atomic mass is 32.1. The zero-order valence-corrected chi connectivity index (χ0v) is 22.8. The predicted molar refractivity (Wildman–Crippen MR) is 149 cm³/mol. The largest absolute Gasteiger partial charge is 0.357 e. The number of halogens is 1. The number of hydrogen-bond acceptors (Lipinski definition) is 7. The number of amides is 1. The number of carbonyl (C=O) groups excluding carboxylic acids is 1. The van der Waals surface area contributed by atoms with Gasteiger partial charge in [0.2, 0.25) is 5.91 Å². The van der Waals surface area contributed by atoms with Crippen LogP contribution in [0.2, 0.25) is 0 Å². The summed E-state index contributed by atoms with van der Waals surface area (Å²) in [5.41, 5.74) is 4.96. The van der Waals surface area contributed by atoms with E-state index in [1.165, 1.54) is 17.7 Å². The molecule has 0 spiro atoms. The van der Waals surface area contributed by atoms with Gasteiger partial charge in [0.25, 0.3) is 0 Å². The van der Waals surface area contributed by atoms with Crippen LogP contribution < -0.4 is 10.2 Å². The van der Waals surface area contributed by atoms with Gasteiger partial charge >= 0.3 is 0 Å². The second kappa shape index (κ2) is 11.6. The highest BCUT2D eigenvalue weighted by Crippen LogP contribution is 2.35. The molecular formula is C28H33FN6O2S. The SMILES string of the molecule is CCc1nc2ccc(C3CCN(COCC(=O)NC)CC3)cn2c1N(C)c1nc(-c2ccc(F)cc2)cs1. The number of nitrogens with one attached hydrogen (secondary N) is 1. The van der Waals surface area contributed by atoms with Gasteiger partial charge in [-0.15, -0.1) is 11.3 Å². The minimum atomic E-state index is -0.254. The molecule has 0 bridgehead atoms. The van der Waals surface area contributed by atoms with Gasteiger partial charge in [-0.2, -0.15) is 0 Å². The second-order valence-electron chi connectivity index (χ2n) is 9.55. The molecule has 1 aliphatic heterocycles. The van der Waals surface area contributed by atoms with Gasteiger partial charge in [-0.05, 0) is 61.1 Å². The maximum atomic E-state index is 13.4. The van der Waals surface area contributed by atoms with Crippen LogP contribution in [0, 0.1) is 5.82 Å². The third-order valence-electron chi connectivity index (χ3n) is 7.10. The molecule has 1 N–H and O–H groups in total. The number of ether oxygens (including phenoxy) is 1. The van der Waals surface area contributed by atoms with Gasteiger partial charge in [0.05, 0.1) is 18.1 Å². The number of pyridine rings is 1. The van der Waals surface area contributed by atoms with Crippen molar-refractivity contribution in [2.45, 2.75) is 32.1 Å². The first-order valence-electron chi connectivity index (χ1n) is 12.9. The van der Waals surface area contributed by atoms with Gasteiger partial charge in [0.15, 0.2) is 5.13 Å². The summed E-state index contributed by atoms with van der Waals surface area (Å²) in [6.45, 7) is 4.54. The lowest BCUT2D eigenvalue weighted by molar-refractivity contribution is -0.127. The average molecular weight is 537 g/mol. The number of piperidine rings is 1. The molecule has 0 aliphatic carbocycles. The van der Waals surface area contributed by atoms with Crippen molar-refractivity contribution in [3.05, 3.63) is 65.0 Å². The molecule has 1 amide bonds. The Labute approximate surface area is 226 Å². The zero-order chi connectivity index (χ0) is 26.6. The zero-order valence-electron chi connectivity index (χ0n) is 22.0. The van der Waals surface area contributed by atoms with Crippen LogP contribution in [0.1, 0.15) is 36.9 Å². The predicted octanol–water partition coefficient (Wildman–Crippen LogP) is 4.83. The van der Waals surface area contributed by atoms with Crippen LogP contribution in [0.25, 0.3) is 16.9 Å². The van der Waals surface area contributed by atoms with Crippen LogP contribution in [0.5, 0.6) is 0 Å². The number of hydrogen-bond donors (Lipinski definition) is 1. The van der Waals surface area contributed by atoms with Crippen LogP contribution in [0.3, 0.4) is 0 Å². The Kier molecular flexibility index (Phi) is 8.01.